The molecule has 5 heteroatoms. The Bertz CT molecular complexity index is 130. The highest BCUT2D eigenvalue weighted by Crippen LogP contribution is 2.25. The van der Waals surface area contributed by atoms with Gasteiger partial charge in [-0.1, -0.05) is 0 Å². The van der Waals surface area contributed by atoms with Gasteiger partial charge in [0.05, 0.1) is 24.1 Å². The second-order valence-corrected chi connectivity index (χ2v) is 3.88. The molecule has 1 rings (SSSR count). The summed E-state index contributed by atoms with van der Waals surface area (Å²) in [6, 6.07) is 0. The molecule has 1 fully saturated rings. The van der Waals surface area contributed by atoms with Crippen LogP contribution >= 0.6 is 11.8 Å². The fourth-order valence-electron chi connectivity index (χ4n) is 1.03. The Labute approximate surface area is 68.9 Å². The van der Waals surface area contributed by atoms with Crippen molar-refractivity contribution in [3.63, 3.8) is 0 Å². The highest BCUT2D eigenvalue weighted by atomic mass is 32.2. The van der Waals surface area contributed by atoms with Gasteiger partial charge in [0, 0.05) is 5.75 Å². The molecule has 4 atom stereocenters. The summed E-state index contributed by atoms with van der Waals surface area (Å²) in [7, 11) is 0. The predicted octanol–water partition coefficient (Wildman–Crippen LogP) is -1.82. The number of aliphatic hydroxyl groups excluding tert-OH is 4. The van der Waals surface area contributed by atoms with E-state index in [-0.39, 0.29) is 11.9 Å². The number of rotatable bonds is 1. The lowest BCUT2D eigenvalue weighted by Crippen LogP contribution is -2.49. The lowest BCUT2D eigenvalue weighted by molar-refractivity contribution is -0.0595. The molecule has 0 aromatic carbocycles. The van der Waals surface area contributed by atoms with Crippen molar-refractivity contribution in [1.82, 2.24) is 0 Å². The van der Waals surface area contributed by atoms with Crippen molar-refractivity contribution in [2.24, 2.45) is 0 Å². The number of thioether (sulfide) groups is 1. The van der Waals surface area contributed by atoms with E-state index < -0.39 is 18.3 Å². The normalized spacial score (nSPS) is 45.8. The Morgan fingerprint density at radius 3 is 2.36 bits per heavy atom. The highest BCUT2D eigenvalue weighted by molar-refractivity contribution is 8.00. The number of hydrogen-bond acceptors (Lipinski definition) is 5. The van der Waals surface area contributed by atoms with Crippen molar-refractivity contribution in [3.05, 3.63) is 0 Å². The minimum absolute atomic E-state index is 0.171. The van der Waals surface area contributed by atoms with Crippen LogP contribution in [0.4, 0.5) is 0 Å². The summed E-state index contributed by atoms with van der Waals surface area (Å²) in [5, 5.41) is 35.7. The molecular formula is C6H12O4S. The van der Waals surface area contributed by atoms with Gasteiger partial charge in [0.25, 0.3) is 0 Å². The SMILES string of the molecule is OC[C@H]1SC[C@@H](O)[C@@H](O)[C@@H]1O. The van der Waals surface area contributed by atoms with E-state index in [0.717, 1.165) is 0 Å². The smallest absolute Gasteiger partial charge is 0.108 e. The maximum atomic E-state index is 9.22. The van der Waals surface area contributed by atoms with Crippen LogP contribution in [0.3, 0.4) is 0 Å². The first-order valence-corrected chi connectivity index (χ1v) is 4.48. The third-order valence-electron chi connectivity index (χ3n) is 1.79. The van der Waals surface area contributed by atoms with Crippen LogP contribution in [0.5, 0.6) is 0 Å². The molecule has 0 bridgehead atoms. The zero-order valence-electron chi connectivity index (χ0n) is 5.92. The van der Waals surface area contributed by atoms with Crippen molar-refractivity contribution in [3.8, 4) is 0 Å². The first kappa shape index (κ1) is 9.28. The van der Waals surface area contributed by atoms with Gasteiger partial charge < -0.3 is 20.4 Å². The van der Waals surface area contributed by atoms with Crippen LogP contribution in [0.25, 0.3) is 0 Å². The molecule has 1 heterocycles. The van der Waals surface area contributed by atoms with Crippen molar-refractivity contribution >= 4 is 11.8 Å². The van der Waals surface area contributed by atoms with Crippen molar-refractivity contribution in [1.29, 1.82) is 0 Å². The first-order chi connectivity index (χ1) is 5.16. The monoisotopic (exact) mass is 180 g/mol. The minimum Gasteiger partial charge on any atom is -0.395 e. The van der Waals surface area contributed by atoms with Crippen molar-refractivity contribution in [2.75, 3.05) is 12.4 Å². The topological polar surface area (TPSA) is 80.9 Å². The van der Waals surface area contributed by atoms with E-state index in [0.29, 0.717) is 5.75 Å². The lowest BCUT2D eigenvalue weighted by atomic mass is 10.1. The summed E-state index contributed by atoms with van der Waals surface area (Å²) in [4.78, 5) is 0. The van der Waals surface area contributed by atoms with Gasteiger partial charge in [-0.05, 0) is 0 Å². The molecule has 0 radical (unpaired) electrons. The molecule has 0 aromatic heterocycles. The average Bonchev–Trinajstić information content (AvgIpc) is 2.01. The summed E-state index contributed by atoms with van der Waals surface area (Å²) in [5.41, 5.74) is 0. The third-order valence-corrected chi connectivity index (χ3v) is 3.18. The van der Waals surface area contributed by atoms with E-state index in [1.807, 2.05) is 0 Å². The van der Waals surface area contributed by atoms with Gasteiger partial charge in [0.2, 0.25) is 0 Å². The minimum atomic E-state index is -1.12. The fourth-order valence-corrected chi connectivity index (χ4v) is 2.13. The number of hydrogen-bond donors (Lipinski definition) is 4. The van der Waals surface area contributed by atoms with Crippen LogP contribution < -0.4 is 0 Å². The molecule has 1 aliphatic heterocycles. The molecule has 0 aromatic rings. The molecule has 1 aliphatic rings. The molecule has 0 spiro atoms. The summed E-state index contributed by atoms with van der Waals surface area (Å²) < 4.78 is 0. The lowest BCUT2D eigenvalue weighted by Gasteiger charge is -2.33. The average molecular weight is 180 g/mol. The van der Waals surface area contributed by atoms with E-state index >= 15 is 0 Å². The Morgan fingerprint density at radius 1 is 1.18 bits per heavy atom. The largest absolute Gasteiger partial charge is 0.395 e. The molecule has 0 amide bonds. The molecule has 1 saturated heterocycles. The van der Waals surface area contributed by atoms with Crippen molar-refractivity contribution < 1.29 is 20.4 Å². The Balaban J connectivity index is 2.52. The van der Waals surface area contributed by atoms with Crippen LogP contribution in [0, 0.1) is 0 Å². The molecular weight excluding hydrogens is 168 g/mol. The van der Waals surface area contributed by atoms with Crippen LogP contribution in [0.1, 0.15) is 0 Å². The number of aliphatic hydroxyl groups is 4. The summed E-state index contributed by atoms with van der Waals surface area (Å²) in [6.07, 6.45) is -3.01. The maximum Gasteiger partial charge on any atom is 0.108 e. The summed E-state index contributed by atoms with van der Waals surface area (Å²) in [5.74, 6) is 0.365. The zero-order valence-corrected chi connectivity index (χ0v) is 6.74. The van der Waals surface area contributed by atoms with E-state index in [2.05, 4.69) is 0 Å². The molecule has 4 N–H and O–H groups in total. The molecule has 4 nitrogen and oxygen atoms in total. The summed E-state index contributed by atoms with van der Waals surface area (Å²) >= 11 is 1.27. The standard InChI is InChI=1S/C6H12O4S/c7-1-4-6(10)5(9)3(8)2-11-4/h3-10H,1-2H2/t3-,4-,5-,6-/m1/s1. The van der Waals surface area contributed by atoms with E-state index in [1.54, 1.807) is 0 Å². The summed E-state index contributed by atoms with van der Waals surface area (Å²) in [6.45, 7) is -0.171. The van der Waals surface area contributed by atoms with Gasteiger partial charge in [-0.2, -0.15) is 11.8 Å². The van der Waals surface area contributed by atoms with E-state index in [1.165, 1.54) is 11.8 Å². The van der Waals surface area contributed by atoms with Crippen LogP contribution in [-0.4, -0.2) is 56.3 Å². The predicted molar refractivity (Wildman–Crippen MR) is 41.4 cm³/mol. The molecule has 66 valence electrons. The molecule has 0 unspecified atom stereocenters. The fraction of sp³-hybridized carbons (Fsp3) is 1.00. The quantitative estimate of drug-likeness (QED) is 0.382. The first-order valence-electron chi connectivity index (χ1n) is 3.43. The second kappa shape index (κ2) is 3.73. The van der Waals surface area contributed by atoms with Crippen LogP contribution in [0.15, 0.2) is 0 Å². The van der Waals surface area contributed by atoms with E-state index in [4.69, 9.17) is 15.3 Å². The molecule has 0 saturated carbocycles. The Kier molecular flexibility index (Phi) is 3.15. The molecule has 0 aliphatic carbocycles. The highest BCUT2D eigenvalue weighted by Gasteiger charge is 2.36. The van der Waals surface area contributed by atoms with Gasteiger partial charge in [-0.25, -0.2) is 0 Å². The van der Waals surface area contributed by atoms with Gasteiger partial charge in [0.1, 0.15) is 6.10 Å². The Morgan fingerprint density at radius 2 is 1.82 bits per heavy atom. The maximum absolute atomic E-state index is 9.22. The van der Waals surface area contributed by atoms with Crippen LogP contribution in [0.2, 0.25) is 0 Å². The van der Waals surface area contributed by atoms with E-state index in [9.17, 15) is 5.11 Å². The van der Waals surface area contributed by atoms with Gasteiger partial charge in [-0.3, -0.25) is 0 Å². The van der Waals surface area contributed by atoms with Gasteiger partial charge in [-0.15, -0.1) is 0 Å². The second-order valence-electron chi connectivity index (χ2n) is 2.60. The van der Waals surface area contributed by atoms with Crippen LogP contribution in [-0.2, 0) is 0 Å². The van der Waals surface area contributed by atoms with Gasteiger partial charge in [0.15, 0.2) is 0 Å². The van der Waals surface area contributed by atoms with Crippen molar-refractivity contribution in [2.45, 2.75) is 23.6 Å². The Hall–Kier alpha value is 0.190. The third kappa shape index (κ3) is 1.86. The van der Waals surface area contributed by atoms with Gasteiger partial charge >= 0.3 is 0 Å². The zero-order chi connectivity index (χ0) is 8.43. The molecule has 11 heavy (non-hydrogen) atoms.